The molecule has 4 aliphatic rings. The van der Waals surface area contributed by atoms with Crippen LogP contribution in [0.25, 0.3) is 0 Å². The number of ether oxygens (including phenoxy) is 2. The molecule has 1 saturated heterocycles. The van der Waals surface area contributed by atoms with E-state index in [1.165, 1.54) is 12.0 Å². The molecule has 0 aromatic heterocycles. The summed E-state index contributed by atoms with van der Waals surface area (Å²) in [6.45, 7) is 8.97. The molecule has 0 bridgehead atoms. The lowest BCUT2D eigenvalue weighted by atomic mass is 9.75. The SMILES string of the molecule is CC(C)[C@@H]1CC[C@@H](C)C[C@H]1OC(=O)C1=NCC2CC3OCCNC3=CC2=C1. The molecule has 148 valence electrons. The van der Waals surface area contributed by atoms with Crippen LogP contribution in [0.3, 0.4) is 0 Å². The van der Waals surface area contributed by atoms with Gasteiger partial charge in [-0.1, -0.05) is 27.2 Å². The van der Waals surface area contributed by atoms with E-state index in [1.807, 2.05) is 6.08 Å². The minimum atomic E-state index is -0.251. The molecule has 2 unspecified atom stereocenters. The Morgan fingerprint density at radius 1 is 1.30 bits per heavy atom. The summed E-state index contributed by atoms with van der Waals surface area (Å²) in [6, 6.07) is 0. The average molecular weight is 373 g/mol. The fraction of sp³-hybridized carbons (Fsp3) is 0.727. The van der Waals surface area contributed by atoms with Crippen LogP contribution in [0.2, 0.25) is 0 Å². The van der Waals surface area contributed by atoms with Crippen molar-refractivity contribution in [3.63, 3.8) is 0 Å². The number of morpholine rings is 1. The van der Waals surface area contributed by atoms with Crippen molar-refractivity contribution in [1.29, 1.82) is 0 Å². The zero-order valence-corrected chi connectivity index (χ0v) is 16.7. The highest BCUT2D eigenvalue weighted by Gasteiger charge is 2.36. The second kappa shape index (κ2) is 7.78. The van der Waals surface area contributed by atoms with Gasteiger partial charge in [0.15, 0.2) is 0 Å². The molecular formula is C22H32N2O3. The van der Waals surface area contributed by atoms with Crippen LogP contribution < -0.4 is 5.32 Å². The van der Waals surface area contributed by atoms with Gasteiger partial charge in [-0.3, -0.25) is 4.99 Å². The van der Waals surface area contributed by atoms with Gasteiger partial charge in [0.1, 0.15) is 11.8 Å². The molecule has 0 aromatic carbocycles. The molecule has 5 nitrogen and oxygen atoms in total. The predicted octanol–water partition coefficient (Wildman–Crippen LogP) is 3.26. The van der Waals surface area contributed by atoms with Gasteiger partial charge >= 0.3 is 5.97 Å². The lowest BCUT2D eigenvalue weighted by Crippen LogP contribution is -2.41. The third-order valence-corrected chi connectivity index (χ3v) is 6.60. The van der Waals surface area contributed by atoms with Gasteiger partial charge in [-0.05, 0) is 54.7 Å². The summed E-state index contributed by atoms with van der Waals surface area (Å²) in [5.41, 5.74) is 2.80. The molecule has 2 aliphatic heterocycles. The van der Waals surface area contributed by atoms with Gasteiger partial charge in [-0.25, -0.2) is 4.79 Å². The number of aliphatic imine (C=N–C) groups is 1. The first-order chi connectivity index (χ1) is 13.0. The van der Waals surface area contributed by atoms with Crippen molar-refractivity contribution >= 4 is 11.7 Å². The lowest BCUT2D eigenvalue weighted by molar-refractivity contribution is -0.147. The Labute approximate surface area is 162 Å². The highest BCUT2D eigenvalue weighted by molar-refractivity contribution is 6.41. The van der Waals surface area contributed by atoms with E-state index < -0.39 is 0 Å². The van der Waals surface area contributed by atoms with Gasteiger partial charge in [0, 0.05) is 24.7 Å². The van der Waals surface area contributed by atoms with Crippen molar-refractivity contribution in [2.24, 2.45) is 28.7 Å². The van der Waals surface area contributed by atoms with Crippen molar-refractivity contribution in [1.82, 2.24) is 5.32 Å². The molecule has 1 saturated carbocycles. The highest BCUT2D eigenvalue weighted by atomic mass is 16.5. The molecule has 4 rings (SSSR count). The van der Waals surface area contributed by atoms with Crippen molar-refractivity contribution in [2.45, 2.75) is 58.7 Å². The Kier molecular flexibility index (Phi) is 5.40. The van der Waals surface area contributed by atoms with Gasteiger partial charge in [0.2, 0.25) is 0 Å². The largest absolute Gasteiger partial charge is 0.457 e. The standard InChI is InChI=1S/C22H32N2O3/c1-13(2)17-5-4-14(3)8-20(17)27-22(25)19-10-15-9-18-21(26-7-6-23-18)11-16(15)12-24-19/h9-10,13-14,16-17,20-21,23H,4-8,11-12H2,1-3H3/t14-,16?,17+,20-,21?/m1/s1. The van der Waals surface area contributed by atoms with Crippen LogP contribution in [0.15, 0.2) is 28.4 Å². The normalized spacial score (nSPS) is 35.9. The Morgan fingerprint density at radius 3 is 2.96 bits per heavy atom. The third kappa shape index (κ3) is 3.98. The third-order valence-electron chi connectivity index (χ3n) is 6.60. The minimum Gasteiger partial charge on any atom is -0.457 e. The first-order valence-electron chi connectivity index (χ1n) is 10.6. The molecule has 5 atom stereocenters. The number of nitrogens with zero attached hydrogens (tertiary/aromatic N) is 1. The second-order valence-corrected chi connectivity index (χ2v) is 8.96. The number of carbonyl (C=O) groups excluding carboxylic acids is 1. The lowest BCUT2D eigenvalue weighted by Gasteiger charge is -2.37. The van der Waals surface area contributed by atoms with Crippen LogP contribution in [0.4, 0.5) is 0 Å². The maximum atomic E-state index is 12.8. The molecule has 0 aromatic rings. The molecule has 0 amide bonds. The van der Waals surface area contributed by atoms with E-state index in [2.05, 4.69) is 37.2 Å². The Balaban J connectivity index is 1.46. The number of rotatable bonds is 3. The van der Waals surface area contributed by atoms with Gasteiger partial charge in [0.05, 0.1) is 12.7 Å². The topological polar surface area (TPSA) is 59.9 Å². The van der Waals surface area contributed by atoms with Crippen molar-refractivity contribution in [3.05, 3.63) is 23.4 Å². The minimum absolute atomic E-state index is 0.0163. The number of allylic oxidation sites excluding steroid dienone is 1. The number of hydrogen-bond donors (Lipinski definition) is 1. The number of nitrogens with one attached hydrogen (secondary N) is 1. The summed E-state index contributed by atoms with van der Waals surface area (Å²) in [4.78, 5) is 17.4. The van der Waals surface area contributed by atoms with Crippen LogP contribution in [-0.2, 0) is 14.3 Å². The molecule has 2 fully saturated rings. The van der Waals surface area contributed by atoms with Crippen LogP contribution in [0.5, 0.6) is 0 Å². The van der Waals surface area contributed by atoms with Crippen LogP contribution in [0, 0.1) is 23.7 Å². The van der Waals surface area contributed by atoms with Crippen LogP contribution >= 0.6 is 0 Å². The molecule has 0 radical (unpaired) electrons. The number of esters is 1. The first kappa shape index (κ1) is 18.7. The van der Waals surface area contributed by atoms with E-state index >= 15 is 0 Å². The fourth-order valence-electron chi connectivity index (χ4n) is 4.95. The second-order valence-electron chi connectivity index (χ2n) is 8.96. The van der Waals surface area contributed by atoms with Crippen molar-refractivity contribution in [2.75, 3.05) is 19.7 Å². The maximum absolute atomic E-state index is 12.8. The van der Waals surface area contributed by atoms with Gasteiger partial charge < -0.3 is 14.8 Å². The van der Waals surface area contributed by atoms with Gasteiger partial charge in [-0.2, -0.15) is 0 Å². The number of carbonyl (C=O) groups is 1. The Morgan fingerprint density at radius 2 is 2.15 bits per heavy atom. The summed E-state index contributed by atoms with van der Waals surface area (Å²) in [5.74, 6) is 1.69. The van der Waals surface area contributed by atoms with E-state index in [1.54, 1.807) is 0 Å². The van der Waals surface area contributed by atoms with Crippen molar-refractivity contribution < 1.29 is 14.3 Å². The summed E-state index contributed by atoms with van der Waals surface area (Å²) in [6.07, 6.45) is 8.54. The van der Waals surface area contributed by atoms with E-state index in [0.29, 0.717) is 35.9 Å². The zero-order chi connectivity index (χ0) is 19.0. The summed E-state index contributed by atoms with van der Waals surface area (Å²) in [7, 11) is 0. The molecule has 2 aliphatic carbocycles. The zero-order valence-electron chi connectivity index (χ0n) is 16.7. The van der Waals surface area contributed by atoms with E-state index in [-0.39, 0.29) is 18.2 Å². The Bertz CT molecular complexity index is 679. The fourth-order valence-corrected chi connectivity index (χ4v) is 4.95. The Hall–Kier alpha value is -1.62. The first-order valence-corrected chi connectivity index (χ1v) is 10.6. The molecule has 5 heteroatoms. The number of hydrogen-bond acceptors (Lipinski definition) is 5. The number of dihydropyridines is 1. The summed E-state index contributed by atoms with van der Waals surface area (Å²) in [5, 5.41) is 3.43. The highest BCUT2D eigenvalue weighted by Crippen LogP contribution is 2.36. The van der Waals surface area contributed by atoms with Gasteiger partial charge in [0.25, 0.3) is 0 Å². The molecule has 1 N–H and O–H groups in total. The molecule has 27 heavy (non-hydrogen) atoms. The number of fused-ring (bicyclic) bond motifs is 2. The van der Waals surface area contributed by atoms with Crippen LogP contribution in [0.1, 0.15) is 46.5 Å². The van der Waals surface area contributed by atoms with E-state index in [4.69, 9.17) is 9.47 Å². The van der Waals surface area contributed by atoms with Gasteiger partial charge in [-0.15, -0.1) is 0 Å². The predicted molar refractivity (Wildman–Crippen MR) is 106 cm³/mol. The summed E-state index contributed by atoms with van der Waals surface area (Å²) >= 11 is 0. The molecular weight excluding hydrogens is 340 g/mol. The van der Waals surface area contributed by atoms with E-state index in [0.717, 1.165) is 38.1 Å². The van der Waals surface area contributed by atoms with E-state index in [9.17, 15) is 4.79 Å². The smallest absolute Gasteiger partial charge is 0.356 e. The maximum Gasteiger partial charge on any atom is 0.356 e. The quantitative estimate of drug-likeness (QED) is 0.773. The summed E-state index contributed by atoms with van der Waals surface area (Å²) < 4.78 is 11.8. The van der Waals surface area contributed by atoms with Crippen molar-refractivity contribution in [3.8, 4) is 0 Å². The molecule has 2 heterocycles. The average Bonchev–Trinajstić information content (AvgIpc) is 2.65. The monoisotopic (exact) mass is 372 g/mol. The molecule has 0 spiro atoms. The van der Waals surface area contributed by atoms with Crippen LogP contribution in [-0.4, -0.2) is 43.6 Å².